The molecule has 0 bridgehead atoms. The molecule has 0 saturated carbocycles. The number of aromatic nitrogens is 4. The SMILES string of the molecule is COc1ccccc1-n1cnnc1SCc1coc(-c2ccc(C)cc2C)n1. The Balaban J connectivity index is 1.52. The fourth-order valence-corrected chi connectivity index (χ4v) is 3.80. The monoisotopic (exact) mass is 392 g/mol. The zero-order chi connectivity index (χ0) is 19.5. The lowest BCUT2D eigenvalue weighted by Gasteiger charge is -2.10. The van der Waals surface area contributed by atoms with Gasteiger partial charge in [-0.05, 0) is 37.6 Å². The predicted molar refractivity (Wildman–Crippen MR) is 109 cm³/mol. The fraction of sp³-hybridized carbons (Fsp3) is 0.190. The van der Waals surface area contributed by atoms with Crippen LogP contribution in [0.4, 0.5) is 0 Å². The molecule has 28 heavy (non-hydrogen) atoms. The first-order valence-electron chi connectivity index (χ1n) is 8.84. The van der Waals surface area contributed by atoms with Gasteiger partial charge in [-0.15, -0.1) is 10.2 Å². The zero-order valence-corrected chi connectivity index (χ0v) is 16.7. The van der Waals surface area contributed by atoms with Crippen molar-refractivity contribution in [2.75, 3.05) is 7.11 Å². The van der Waals surface area contributed by atoms with Gasteiger partial charge < -0.3 is 9.15 Å². The van der Waals surface area contributed by atoms with Gasteiger partial charge in [0, 0.05) is 11.3 Å². The molecule has 6 nitrogen and oxygen atoms in total. The molecule has 4 aromatic rings. The molecule has 0 N–H and O–H groups in total. The molecular weight excluding hydrogens is 372 g/mol. The van der Waals surface area contributed by atoms with Crippen LogP contribution in [0.1, 0.15) is 16.8 Å². The van der Waals surface area contributed by atoms with Crippen molar-refractivity contribution in [3.8, 4) is 22.9 Å². The number of methoxy groups -OCH3 is 1. The van der Waals surface area contributed by atoms with Gasteiger partial charge in [0.2, 0.25) is 5.89 Å². The molecule has 0 amide bonds. The lowest BCUT2D eigenvalue weighted by atomic mass is 10.1. The molecule has 2 heterocycles. The first-order valence-corrected chi connectivity index (χ1v) is 9.82. The van der Waals surface area contributed by atoms with E-state index in [1.807, 2.05) is 34.9 Å². The number of ether oxygens (including phenoxy) is 1. The average molecular weight is 392 g/mol. The van der Waals surface area contributed by atoms with Crippen molar-refractivity contribution in [3.63, 3.8) is 0 Å². The van der Waals surface area contributed by atoms with Crippen LogP contribution in [0.25, 0.3) is 17.1 Å². The maximum atomic E-state index is 5.71. The molecule has 0 aliphatic carbocycles. The molecule has 7 heteroatoms. The summed E-state index contributed by atoms with van der Waals surface area (Å²) in [6.07, 6.45) is 3.38. The summed E-state index contributed by atoms with van der Waals surface area (Å²) >= 11 is 1.55. The van der Waals surface area contributed by atoms with Crippen LogP contribution in [0.15, 0.2) is 64.6 Å². The quantitative estimate of drug-likeness (QED) is 0.438. The van der Waals surface area contributed by atoms with Crippen LogP contribution >= 0.6 is 11.8 Å². The molecule has 142 valence electrons. The van der Waals surface area contributed by atoms with Gasteiger partial charge in [-0.25, -0.2) is 4.98 Å². The number of oxazole rings is 1. The summed E-state index contributed by atoms with van der Waals surface area (Å²) in [5, 5.41) is 9.05. The van der Waals surface area contributed by atoms with E-state index in [9.17, 15) is 0 Å². The van der Waals surface area contributed by atoms with E-state index in [4.69, 9.17) is 9.15 Å². The van der Waals surface area contributed by atoms with Crippen molar-refractivity contribution < 1.29 is 9.15 Å². The second-order valence-corrected chi connectivity index (χ2v) is 7.35. The minimum atomic E-state index is 0.627. The Morgan fingerprint density at radius 2 is 2.00 bits per heavy atom. The van der Waals surface area contributed by atoms with Crippen molar-refractivity contribution in [3.05, 3.63) is 71.9 Å². The summed E-state index contributed by atoms with van der Waals surface area (Å²) in [4.78, 5) is 4.64. The second-order valence-electron chi connectivity index (χ2n) is 6.41. The van der Waals surface area contributed by atoms with Crippen LogP contribution < -0.4 is 4.74 Å². The number of benzene rings is 2. The van der Waals surface area contributed by atoms with E-state index in [1.165, 1.54) is 5.56 Å². The smallest absolute Gasteiger partial charge is 0.226 e. The van der Waals surface area contributed by atoms with Crippen molar-refractivity contribution in [1.29, 1.82) is 0 Å². The van der Waals surface area contributed by atoms with Crippen LogP contribution in [0.5, 0.6) is 5.75 Å². The van der Waals surface area contributed by atoms with Gasteiger partial charge in [-0.2, -0.15) is 0 Å². The number of aryl methyl sites for hydroxylation is 2. The first kappa shape index (κ1) is 18.3. The number of hydrogen-bond donors (Lipinski definition) is 0. The number of rotatable bonds is 6. The topological polar surface area (TPSA) is 66.0 Å². The summed E-state index contributed by atoms with van der Waals surface area (Å²) in [5.41, 5.74) is 5.14. The number of para-hydroxylation sites is 2. The summed E-state index contributed by atoms with van der Waals surface area (Å²) in [7, 11) is 1.65. The van der Waals surface area contributed by atoms with Gasteiger partial charge in [0.15, 0.2) is 5.16 Å². The van der Waals surface area contributed by atoms with Crippen LogP contribution in [0, 0.1) is 13.8 Å². The predicted octanol–water partition coefficient (Wildman–Crippen LogP) is 4.84. The fourth-order valence-electron chi connectivity index (χ4n) is 3.01. The van der Waals surface area contributed by atoms with Gasteiger partial charge >= 0.3 is 0 Å². The summed E-state index contributed by atoms with van der Waals surface area (Å²) < 4.78 is 13.1. The van der Waals surface area contributed by atoms with Crippen LogP contribution in [-0.4, -0.2) is 26.9 Å². The number of nitrogens with zero attached hydrogens (tertiary/aromatic N) is 4. The van der Waals surface area contributed by atoms with E-state index < -0.39 is 0 Å². The standard InChI is InChI=1S/C21H20N4O2S/c1-14-8-9-17(15(2)10-14)20-23-16(11-27-20)12-28-21-24-22-13-25(21)18-6-4-5-7-19(18)26-3/h4-11,13H,12H2,1-3H3. The van der Waals surface area contributed by atoms with E-state index >= 15 is 0 Å². The highest BCUT2D eigenvalue weighted by molar-refractivity contribution is 7.98. The molecule has 0 aliphatic rings. The zero-order valence-electron chi connectivity index (χ0n) is 15.9. The van der Waals surface area contributed by atoms with Crippen molar-refractivity contribution >= 4 is 11.8 Å². The van der Waals surface area contributed by atoms with E-state index in [-0.39, 0.29) is 0 Å². The second kappa shape index (κ2) is 7.90. The van der Waals surface area contributed by atoms with Gasteiger partial charge in [0.25, 0.3) is 0 Å². The number of hydrogen-bond acceptors (Lipinski definition) is 6. The lowest BCUT2D eigenvalue weighted by Crippen LogP contribution is -1.98. The minimum absolute atomic E-state index is 0.627. The molecule has 0 fully saturated rings. The Bertz CT molecular complexity index is 1100. The third-order valence-corrected chi connectivity index (χ3v) is 5.35. The summed E-state index contributed by atoms with van der Waals surface area (Å²) in [6, 6.07) is 14.0. The molecule has 0 saturated heterocycles. The van der Waals surface area contributed by atoms with Gasteiger partial charge in [-0.3, -0.25) is 4.57 Å². The largest absolute Gasteiger partial charge is 0.495 e. The third-order valence-electron chi connectivity index (χ3n) is 4.37. The Morgan fingerprint density at radius 1 is 1.14 bits per heavy atom. The molecule has 0 radical (unpaired) electrons. The lowest BCUT2D eigenvalue weighted by molar-refractivity contribution is 0.412. The Kier molecular flexibility index (Phi) is 5.16. The van der Waals surface area contributed by atoms with Crippen molar-refractivity contribution in [1.82, 2.24) is 19.7 Å². The normalized spacial score (nSPS) is 11.0. The average Bonchev–Trinajstić information content (AvgIpc) is 3.35. The van der Waals surface area contributed by atoms with Crippen LogP contribution in [-0.2, 0) is 5.75 Å². The van der Waals surface area contributed by atoms with E-state index in [1.54, 1.807) is 31.5 Å². The highest BCUT2D eigenvalue weighted by Crippen LogP contribution is 2.29. The molecule has 4 rings (SSSR count). The molecule has 2 aromatic carbocycles. The Hall–Kier alpha value is -3.06. The molecule has 2 aromatic heterocycles. The van der Waals surface area contributed by atoms with Crippen LogP contribution in [0.3, 0.4) is 0 Å². The maximum absolute atomic E-state index is 5.71. The molecule has 0 unspecified atom stereocenters. The van der Waals surface area contributed by atoms with E-state index in [0.717, 1.165) is 33.4 Å². The van der Waals surface area contributed by atoms with E-state index in [2.05, 4.69) is 41.2 Å². The minimum Gasteiger partial charge on any atom is -0.495 e. The molecule has 0 spiro atoms. The van der Waals surface area contributed by atoms with Gasteiger partial charge in [0.1, 0.15) is 18.3 Å². The highest BCUT2D eigenvalue weighted by Gasteiger charge is 2.14. The third kappa shape index (κ3) is 3.66. The van der Waals surface area contributed by atoms with Crippen molar-refractivity contribution in [2.24, 2.45) is 0 Å². The molecule has 0 aliphatic heterocycles. The van der Waals surface area contributed by atoms with Gasteiger partial charge in [0.05, 0.1) is 18.5 Å². The summed E-state index contributed by atoms with van der Waals surface area (Å²) in [6.45, 7) is 4.14. The van der Waals surface area contributed by atoms with Gasteiger partial charge in [-0.1, -0.05) is 41.6 Å². The van der Waals surface area contributed by atoms with E-state index in [0.29, 0.717) is 11.6 Å². The Morgan fingerprint density at radius 3 is 2.82 bits per heavy atom. The molecule has 0 atom stereocenters. The summed E-state index contributed by atoms with van der Waals surface area (Å²) in [5.74, 6) is 2.03. The van der Waals surface area contributed by atoms with Crippen LogP contribution in [0.2, 0.25) is 0 Å². The Labute approximate surface area is 167 Å². The van der Waals surface area contributed by atoms with Crippen molar-refractivity contribution in [2.45, 2.75) is 24.8 Å². The maximum Gasteiger partial charge on any atom is 0.226 e. The first-order chi connectivity index (χ1) is 13.7. The highest BCUT2D eigenvalue weighted by atomic mass is 32.2. The molecular formula is C21H20N4O2S. The number of thioether (sulfide) groups is 1.